The molecule has 0 amide bonds. The summed E-state index contributed by atoms with van der Waals surface area (Å²) in [5.74, 6) is -0.0524. The summed E-state index contributed by atoms with van der Waals surface area (Å²) in [7, 11) is 0. The van der Waals surface area contributed by atoms with Crippen molar-refractivity contribution in [3.63, 3.8) is 0 Å². The Labute approximate surface area is 192 Å². The summed E-state index contributed by atoms with van der Waals surface area (Å²) in [6, 6.07) is 5.74. The van der Waals surface area contributed by atoms with Gasteiger partial charge in [0.1, 0.15) is 16.9 Å². The van der Waals surface area contributed by atoms with E-state index in [1.54, 1.807) is 21.5 Å². The van der Waals surface area contributed by atoms with Gasteiger partial charge in [0, 0.05) is 25.0 Å². The van der Waals surface area contributed by atoms with E-state index in [4.69, 9.17) is 11.6 Å². The normalized spacial score (nSPS) is 13.9. The van der Waals surface area contributed by atoms with Crippen molar-refractivity contribution < 1.29 is 9.18 Å². The third kappa shape index (κ3) is 3.78. The maximum absolute atomic E-state index is 14.4. The van der Waals surface area contributed by atoms with Crippen molar-refractivity contribution in [2.75, 3.05) is 0 Å². The van der Waals surface area contributed by atoms with Gasteiger partial charge in [-0.15, -0.1) is 5.10 Å². The average molecular weight is 464 g/mol. The van der Waals surface area contributed by atoms with Crippen LogP contribution in [0.1, 0.15) is 52.6 Å². The van der Waals surface area contributed by atoms with Crippen LogP contribution >= 0.6 is 11.6 Å². The minimum atomic E-state index is -0.540. The molecule has 0 unspecified atom stereocenters. The van der Waals surface area contributed by atoms with Crippen LogP contribution in [-0.2, 0) is 13.0 Å². The first-order valence-corrected chi connectivity index (χ1v) is 11.1. The molecule has 5 aromatic rings. The molecule has 0 N–H and O–H groups in total. The number of ketones is 1. The van der Waals surface area contributed by atoms with Crippen molar-refractivity contribution in [3.8, 4) is 0 Å². The van der Waals surface area contributed by atoms with Gasteiger partial charge in [0.2, 0.25) is 0 Å². The second-order valence-electron chi connectivity index (χ2n) is 8.38. The fraction of sp³-hybridized carbons (Fsp3) is 0.261. The highest BCUT2D eigenvalue weighted by Crippen LogP contribution is 2.40. The second-order valence-corrected chi connectivity index (χ2v) is 8.79. The van der Waals surface area contributed by atoms with Crippen molar-refractivity contribution >= 4 is 28.5 Å². The maximum atomic E-state index is 14.4. The van der Waals surface area contributed by atoms with Crippen LogP contribution in [-0.4, -0.2) is 39.5 Å². The van der Waals surface area contributed by atoms with Gasteiger partial charge < -0.3 is 8.80 Å². The number of aryl methyl sites for hydroxylation is 1. The topological polar surface area (TPSA) is 82.4 Å². The molecule has 6 rings (SSSR count). The van der Waals surface area contributed by atoms with Crippen LogP contribution in [0, 0.1) is 5.82 Å². The Morgan fingerprint density at radius 2 is 2.03 bits per heavy atom. The number of fused-ring (bicyclic) bond motifs is 2. The van der Waals surface area contributed by atoms with E-state index in [9.17, 15) is 9.18 Å². The summed E-state index contributed by atoms with van der Waals surface area (Å²) < 4.78 is 19.5. The lowest BCUT2D eigenvalue weighted by Gasteiger charge is -2.01. The second kappa shape index (κ2) is 7.77. The van der Waals surface area contributed by atoms with E-state index >= 15 is 0 Å². The number of nitrogens with zero attached hydrogens (tertiary/aromatic N) is 7. The molecule has 0 aromatic carbocycles. The van der Waals surface area contributed by atoms with Gasteiger partial charge in [-0.2, -0.15) is 0 Å². The van der Waals surface area contributed by atoms with Crippen LogP contribution in [0.4, 0.5) is 4.39 Å². The van der Waals surface area contributed by atoms with Crippen molar-refractivity contribution in [2.24, 2.45) is 0 Å². The van der Waals surface area contributed by atoms with Crippen LogP contribution in [0.2, 0.25) is 5.02 Å². The van der Waals surface area contributed by atoms with Crippen LogP contribution in [0.15, 0.2) is 49.3 Å². The van der Waals surface area contributed by atoms with Crippen LogP contribution in [0.3, 0.4) is 0 Å². The minimum absolute atomic E-state index is 0.0224. The first kappa shape index (κ1) is 20.0. The lowest BCUT2D eigenvalue weighted by atomic mass is 10.1. The molecule has 0 aliphatic heterocycles. The summed E-state index contributed by atoms with van der Waals surface area (Å²) in [4.78, 5) is 21.6. The number of Topliss-reactive ketones (excluding diaryl/α,β-unsaturated/α-hetero) is 1. The Balaban J connectivity index is 1.14. The molecule has 33 heavy (non-hydrogen) atoms. The van der Waals surface area contributed by atoms with Crippen molar-refractivity contribution in [3.05, 3.63) is 82.8 Å². The van der Waals surface area contributed by atoms with Gasteiger partial charge in [0.15, 0.2) is 11.6 Å². The van der Waals surface area contributed by atoms with Gasteiger partial charge in [0.25, 0.3) is 0 Å². The molecule has 1 fully saturated rings. The Kier molecular flexibility index (Phi) is 4.72. The molecular weight excluding hydrogens is 445 g/mol. The minimum Gasteiger partial charge on any atom is -0.307 e. The molecule has 1 aliphatic carbocycles. The highest BCUT2D eigenvalue weighted by Gasteiger charge is 2.24. The number of pyridine rings is 2. The number of rotatable bonds is 7. The van der Waals surface area contributed by atoms with Gasteiger partial charge in [0.05, 0.1) is 35.5 Å². The molecule has 8 nitrogen and oxygen atoms in total. The highest BCUT2D eigenvalue weighted by atomic mass is 35.5. The molecule has 0 bridgehead atoms. The lowest BCUT2D eigenvalue weighted by molar-refractivity contribution is 0.0977. The van der Waals surface area contributed by atoms with E-state index in [1.165, 1.54) is 30.8 Å². The molecule has 0 spiro atoms. The lowest BCUT2D eigenvalue weighted by Crippen LogP contribution is -2.03. The molecule has 10 heteroatoms. The Bertz CT molecular complexity index is 1510. The fourth-order valence-electron chi connectivity index (χ4n) is 4.09. The van der Waals surface area contributed by atoms with Crippen LogP contribution in [0.25, 0.3) is 11.2 Å². The van der Waals surface area contributed by atoms with Crippen molar-refractivity contribution in [2.45, 2.75) is 38.1 Å². The number of carbonyl (C=O) groups is 1. The van der Waals surface area contributed by atoms with E-state index in [0.717, 1.165) is 11.3 Å². The molecule has 0 radical (unpaired) electrons. The monoisotopic (exact) mass is 463 g/mol. The van der Waals surface area contributed by atoms with E-state index in [2.05, 4.69) is 32.4 Å². The number of carbonyl (C=O) groups excluding carboxylic acids is 1. The fourth-order valence-corrected chi connectivity index (χ4v) is 4.24. The van der Waals surface area contributed by atoms with E-state index in [1.807, 2.05) is 16.8 Å². The molecule has 5 aromatic heterocycles. The molecule has 1 aliphatic rings. The zero-order valence-electron chi connectivity index (χ0n) is 17.5. The molecule has 0 saturated heterocycles. The third-order valence-corrected chi connectivity index (χ3v) is 6.28. The third-order valence-electron chi connectivity index (χ3n) is 5.99. The summed E-state index contributed by atoms with van der Waals surface area (Å²) in [6.07, 6.45) is 11.7. The number of hydrogen-bond acceptors (Lipinski definition) is 5. The van der Waals surface area contributed by atoms with E-state index in [0.29, 0.717) is 18.2 Å². The van der Waals surface area contributed by atoms with Crippen LogP contribution < -0.4 is 0 Å². The predicted molar refractivity (Wildman–Crippen MR) is 119 cm³/mol. The first-order chi connectivity index (χ1) is 16.0. The SMILES string of the molecule is O=C(CCc1ncn2ccc(Cl)c(F)c12)c1cn(Cc2cn3ccc(C4CC4)cc3n2)nn1. The summed E-state index contributed by atoms with van der Waals surface area (Å²) in [5.41, 5.74) is 4.11. The summed E-state index contributed by atoms with van der Waals surface area (Å²) >= 11 is 5.88. The average Bonchev–Trinajstić information content (AvgIpc) is 3.23. The predicted octanol–water partition coefficient (Wildman–Crippen LogP) is 4.11. The Hall–Kier alpha value is -3.59. The van der Waals surface area contributed by atoms with Gasteiger partial charge in [-0.1, -0.05) is 16.8 Å². The summed E-state index contributed by atoms with van der Waals surface area (Å²) in [6.45, 7) is 0.413. The van der Waals surface area contributed by atoms with Gasteiger partial charge in [-0.25, -0.2) is 19.0 Å². The first-order valence-electron chi connectivity index (χ1n) is 10.8. The Morgan fingerprint density at radius 3 is 2.88 bits per heavy atom. The zero-order chi connectivity index (χ0) is 22.5. The molecule has 0 atom stereocenters. The smallest absolute Gasteiger partial charge is 0.185 e. The molecule has 166 valence electrons. The summed E-state index contributed by atoms with van der Waals surface area (Å²) in [5, 5.41) is 8.11. The molecular formula is C23H19ClFN7O. The quantitative estimate of drug-likeness (QED) is 0.339. The molecule has 1 saturated carbocycles. The van der Waals surface area contributed by atoms with E-state index in [-0.39, 0.29) is 34.9 Å². The maximum Gasteiger partial charge on any atom is 0.185 e. The number of halogens is 2. The van der Waals surface area contributed by atoms with Crippen molar-refractivity contribution in [1.82, 2.24) is 33.8 Å². The van der Waals surface area contributed by atoms with Gasteiger partial charge in [-0.3, -0.25) is 4.79 Å². The molecule has 5 heterocycles. The standard InChI is InChI=1S/C23H19ClFN7O/c24-17-6-8-31-13-26-18(23(31)22(17)25)3-4-20(33)19-12-32(29-28-19)11-16-10-30-7-5-15(14-1-2-14)9-21(30)27-16/h5-10,12-14H,1-4,11H2. The largest absolute Gasteiger partial charge is 0.307 e. The van der Waals surface area contributed by atoms with Crippen molar-refractivity contribution in [1.29, 1.82) is 0 Å². The Morgan fingerprint density at radius 1 is 1.18 bits per heavy atom. The number of aromatic nitrogens is 7. The zero-order valence-corrected chi connectivity index (χ0v) is 18.3. The number of hydrogen-bond donors (Lipinski definition) is 0. The van der Waals surface area contributed by atoms with Crippen LogP contribution in [0.5, 0.6) is 0 Å². The highest BCUT2D eigenvalue weighted by molar-refractivity contribution is 6.31. The van der Waals surface area contributed by atoms with Gasteiger partial charge in [-0.05, 0) is 48.9 Å². The van der Waals surface area contributed by atoms with Gasteiger partial charge >= 0.3 is 0 Å². The number of imidazole rings is 2. The van der Waals surface area contributed by atoms with E-state index < -0.39 is 5.82 Å².